The van der Waals surface area contributed by atoms with Gasteiger partial charge in [-0.15, -0.1) is 0 Å². The van der Waals surface area contributed by atoms with E-state index in [0.29, 0.717) is 23.2 Å². The third kappa shape index (κ3) is 6.11. The SMILES string of the molecule is CC(C)C(C=Cc1ccc(C2CC2)cc1)C(=O)OC(C#N)c1cccc(Oc2ccccc2)n1. The van der Waals surface area contributed by atoms with Crippen molar-refractivity contribution in [2.45, 2.75) is 38.7 Å². The summed E-state index contributed by atoms with van der Waals surface area (Å²) in [6.07, 6.45) is 5.21. The van der Waals surface area contributed by atoms with Crippen LogP contribution >= 0.6 is 0 Å². The number of nitriles is 1. The molecule has 5 heteroatoms. The molecule has 0 bridgehead atoms. The Morgan fingerprint density at radius 1 is 1.03 bits per heavy atom. The van der Waals surface area contributed by atoms with E-state index in [4.69, 9.17) is 9.47 Å². The molecule has 3 aromatic rings. The lowest BCUT2D eigenvalue weighted by Gasteiger charge is -2.18. The van der Waals surface area contributed by atoms with Gasteiger partial charge in [-0.1, -0.05) is 74.5 Å². The molecule has 0 spiro atoms. The maximum atomic E-state index is 13.0. The molecule has 0 amide bonds. The minimum Gasteiger partial charge on any atom is -0.440 e. The fourth-order valence-electron chi connectivity index (χ4n) is 3.67. The first kappa shape index (κ1) is 23.3. The van der Waals surface area contributed by atoms with Gasteiger partial charge in [0.05, 0.1) is 11.6 Å². The average molecular weight is 453 g/mol. The zero-order valence-electron chi connectivity index (χ0n) is 19.4. The summed E-state index contributed by atoms with van der Waals surface area (Å²) in [7, 11) is 0. The van der Waals surface area contributed by atoms with Crippen LogP contribution in [-0.2, 0) is 9.53 Å². The molecule has 1 aromatic heterocycles. The van der Waals surface area contributed by atoms with Gasteiger partial charge in [0.2, 0.25) is 12.0 Å². The van der Waals surface area contributed by atoms with E-state index < -0.39 is 18.0 Å². The third-order valence-electron chi connectivity index (χ3n) is 5.80. The first-order chi connectivity index (χ1) is 16.5. The summed E-state index contributed by atoms with van der Waals surface area (Å²) >= 11 is 0. The summed E-state index contributed by atoms with van der Waals surface area (Å²) in [5.41, 5.74) is 2.73. The van der Waals surface area contributed by atoms with E-state index in [-0.39, 0.29) is 5.92 Å². The molecule has 34 heavy (non-hydrogen) atoms. The van der Waals surface area contributed by atoms with Gasteiger partial charge in [0, 0.05) is 6.07 Å². The molecule has 2 unspecified atom stereocenters. The predicted molar refractivity (Wildman–Crippen MR) is 131 cm³/mol. The zero-order valence-corrected chi connectivity index (χ0v) is 19.4. The largest absolute Gasteiger partial charge is 0.440 e. The highest BCUT2D eigenvalue weighted by Crippen LogP contribution is 2.40. The molecule has 1 heterocycles. The molecular weight excluding hydrogens is 424 g/mol. The highest BCUT2D eigenvalue weighted by atomic mass is 16.5. The molecule has 1 aliphatic carbocycles. The van der Waals surface area contributed by atoms with Crippen molar-refractivity contribution in [3.05, 3.63) is 95.7 Å². The molecule has 0 saturated heterocycles. The fourth-order valence-corrected chi connectivity index (χ4v) is 3.67. The molecule has 172 valence electrons. The van der Waals surface area contributed by atoms with Gasteiger partial charge in [-0.25, -0.2) is 4.98 Å². The maximum Gasteiger partial charge on any atom is 0.314 e. The van der Waals surface area contributed by atoms with Gasteiger partial charge in [0.25, 0.3) is 0 Å². The second-order valence-corrected chi connectivity index (χ2v) is 8.83. The molecule has 1 aliphatic rings. The van der Waals surface area contributed by atoms with Gasteiger partial charge < -0.3 is 9.47 Å². The molecule has 2 aromatic carbocycles. The predicted octanol–water partition coefficient (Wildman–Crippen LogP) is 6.84. The summed E-state index contributed by atoms with van der Waals surface area (Å²) in [5, 5.41) is 9.69. The van der Waals surface area contributed by atoms with Crippen LogP contribution in [0.5, 0.6) is 11.6 Å². The van der Waals surface area contributed by atoms with Crippen molar-refractivity contribution in [2.75, 3.05) is 0 Å². The first-order valence-corrected chi connectivity index (χ1v) is 11.6. The molecule has 0 radical (unpaired) electrons. The maximum absolute atomic E-state index is 13.0. The van der Waals surface area contributed by atoms with Gasteiger partial charge in [-0.05, 0) is 54.0 Å². The van der Waals surface area contributed by atoms with Crippen LogP contribution in [-0.4, -0.2) is 11.0 Å². The van der Waals surface area contributed by atoms with E-state index in [1.54, 1.807) is 18.2 Å². The van der Waals surface area contributed by atoms with Gasteiger partial charge in [-0.3, -0.25) is 4.79 Å². The summed E-state index contributed by atoms with van der Waals surface area (Å²) in [4.78, 5) is 17.4. The average Bonchev–Trinajstić information content (AvgIpc) is 3.69. The van der Waals surface area contributed by atoms with Gasteiger partial charge in [-0.2, -0.15) is 5.26 Å². The Hall–Kier alpha value is -3.91. The van der Waals surface area contributed by atoms with Crippen molar-refractivity contribution in [1.29, 1.82) is 5.26 Å². The Labute approximate surface area is 200 Å². The van der Waals surface area contributed by atoms with E-state index in [1.165, 1.54) is 18.4 Å². The number of aromatic nitrogens is 1. The Kier molecular flexibility index (Phi) is 7.39. The highest BCUT2D eigenvalue weighted by molar-refractivity contribution is 5.76. The number of hydrogen-bond acceptors (Lipinski definition) is 5. The van der Waals surface area contributed by atoms with Crippen LogP contribution in [0.3, 0.4) is 0 Å². The van der Waals surface area contributed by atoms with Crippen molar-refractivity contribution >= 4 is 12.0 Å². The lowest BCUT2D eigenvalue weighted by Crippen LogP contribution is -2.23. The van der Waals surface area contributed by atoms with Crippen molar-refractivity contribution in [3.63, 3.8) is 0 Å². The van der Waals surface area contributed by atoms with Crippen molar-refractivity contribution < 1.29 is 14.3 Å². The number of carbonyl (C=O) groups excluding carboxylic acids is 1. The lowest BCUT2D eigenvalue weighted by atomic mass is 9.94. The molecule has 0 N–H and O–H groups in total. The number of rotatable bonds is 9. The standard InChI is InChI=1S/C29H28N2O3/c1-20(2)25(18-13-21-11-14-22(15-12-21)23-16-17-23)29(32)34-27(19-30)26-9-6-10-28(31-26)33-24-7-4-3-5-8-24/h3-15,18,20,23,25,27H,16-17H2,1-2H3. The molecule has 1 fully saturated rings. The number of pyridine rings is 1. The monoisotopic (exact) mass is 452 g/mol. The second-order valence-electron chi connectivity index (χ2n) is 8.83. The Morgan fingerprint density at radius 2 is 1.76 bits per heavy atom. The Morgan fingerprint density at radius 3 is 2.41 bits per heavy atom. The lowest BCUT2D eigenvalue weighted by molar-refractivity contribution is -0.151. The van der Waals surface area contributed by atoms with Gasteiger partial charge in [0.1, 0.15) is 11.8 Å². The Bertz CT molecular complexity index is 1180. The van der Waals surface area contributed by atoms with E-state index in [0.717, 1.165) is 5.56 Å². The quantitative estimate of drug-likeness (QED) is 0.332. The van der Waals surface area contributed by atoms with Crippen LogP contribution < -0.4 is 4.74 Å². The van der Waals surface area contributed by atoms with Crippen LogP contribution in [0.15, 0.2) is 78.9 Å². The number of esters is 1. The summed E-state index contributed by atoms with van der Waals surface area (Å²) in [6, 6.07) is 24.8. The molecule has 1 saturated carbocycles. The third-order valence-corrected chi connectivity index (χ3v) is 5.80. The van der Waals surface area contributed by atoms with Crippen molar-refractivity contribution in [3.8, 4) is 17.7 Å². The van der Waals surface area contributed by atoms with Crippen molar-refractivity contribution in [1.82, 2.24) is 4.98 Å². The van der Waals surface area contributed by atoms with Crippen LogP contribution in [0.2, 0.25) is 0 Å². The minimum absolute atomic E-state index is 0.00883. The van der Waals surface area contributed by atoms with E-state index in [1.807, 2.05) is 62.4 Å². The van der Waals surface area contributed by atoms with E-state index in [9.17, 15) is 10.1 Å². The summed E-state index contributed by atoms with van der Waals surface area (Å²) < 4.78 is 11.3. The highest BCUT2D eigenvalue weighted by Gasteiger charge is 2.26. The summed E-state index contributed by atoms with van der Waals surface area (Å²) in [6.45, 7) is 3.92. The van der Waals surface area contributed by atoms with Crippen LogP contribution in [0.25, 0.3) is 6.08 Å². The number of ether oxygens (including phenoxy) is 2. The molecule has 2 atom stereocenters. The van der Waals surface area contributed by atoms with Gasteiger partial charge >= 0.3 is 5.97 Å². The molecule has 4 rings (SSSR count). The van der Waals surface area contributed by atoms with Crippen LogP contribution in [0, 0.1) is 23.2 Å². The number of para-hydroxylation sites is 1. The van der Waals surface area contributed by atoms with E-state index in [2.05, 4.69) is 29.2 Å². The molecule has 0 aliphatic heterocycles. The molecular formula is C29H28N2O3. The minimum atomic E-state index is -1.13. The van der Waals surface area contributed by atoms with Crippen molar-refractivity contribution in [2.24, 2.45) is 11.8 Å². The normalized spacial score (nSPS) is 15.0. The number of carbonyl (C=O) groups is 1. The zero-order chi connectivity index (χ0) is 23.9. The second kappa shape index (κ2) is 10.8. The van der Waals surface area contributed by atoms with E-state index >= 15 is 0 Å². The Balaban J connectivity index is 1.44. The molecule has 5 nitrogen and oxygen atoms in total. The summed E-state index contributed by atoms with van der Waals surface area (Å²) in [5.74, 6) is 0.744. The number of hydrogen-bond donors (Lipinski definition) is 0. The van der Waals surface area contributed by atoms with Crippen LogP contribution in [0.1, 0.15) is 55.5 Å². The fraction of sp³-hybridized carbons (Fsp3) is 0.276. The number of nitrogens with zero attached hydrogens (tertiary/aromatic N) is 2. The topological polar surface area (TPSA) is 72.2 Å². The smallest absolute Gasteiger partial charge is 0.314 e. The van der Waals surface area contributed by atoms with Gasteiger partial charge in [0.15, 0.2) is 0 Å². The first-order valence-electron chi connectivity index (χ1n) is 11.6. The van der Waals surface area contributed by atoms with Crippen LogP contribution in [0.4, 0.5) is 0 Å². The number of benzene rings is 2.